The lowest BCUT2D eigenvalue weighted by Crippen LogP contribution is -2.38. The Balaban J connectivity index is 1.78. The molecule has 0 aliphatic carbocycles. The second-order valence-electron chi connectivity index (χ2n) is 6.41. The SMILES string of the molecule is Cc1ccc(N2C(=O)C3C4C=CC(C)(O4)C3C2=O)cc1C. The van der Waals surface area contributed by atoms with E-state index in [1.54, 1.807) is 0 Å². The number of anilines is 1. The third kappa shape index (κ3) is 1.48. The number of imide groups is 1. The summed E-state index contributed by atoms with van der Waals surface area (Å²) in [6.45, 7) is 5.89. The van der Waals surface area contributed by atoms with Crippen molar-refractivity contribution in [3.05, 3.63) is 41.5 Å². The van der Waals surface area contributed by atoms with Crippen LogP contribution in [0.3, 0.4) is 0 Å². The van der Waals surface area contributed by atoms with Crippen LogP contribution >= 0.6 is 0 Å². The van der Waals surface area contributed by atoms with Gasteiger partial charge in [0.1, 0.15) is 0 Å². The molecule has 0 N–H and O–H groups in total. The van der Waals surface area contributed by atoms with Crippen molar-refractivity contribution in [3.63, 3.8) is 0 Å². The molecule has 2 bridgehead atoms. The first-order valence-electron chi connectivity index (χ1n) is 7.24. The molecule has 4 unspecified atom stereocenters. The minimum absolute atomic E-state index is 0.133. The summed E-state index contributed by atoms with van der Waals surface area (Å²) in [5, 5.41) is 0. The average molecular weight is 283 g/mol. The van der Waals surface area contributed by atoms with E-state index in [4.69, 9.17) is 4.74 Å². The van der Waals surface area contributed by atoms with Crippen LogP contribution in [-0.2, 0) is 14.3 Å². The van der Waals surface area contributed by atoms with Crippen LogP contribution in [0.25, 0.3) is 0 Å². The van der Waals surface area contributed by atoms with Crippen molar-refractivity contribution in [2.24, 2.45) is 11.8 Å². The molecule has 0 aromatic heterocycles. The Kier molecular flexibility index (Phi) is 2.33. The van der Waals surface area contributed by atoms with Crippen molar-refractivity contribution < 1.29 is 14.3 Å². The fourth-order valence-electron chi connectivity index (χ4n) is 3.77. The van der Waals surface area contributed by atoms with Gasteiger partial charge in [-0.25, -0.2) is 4.90 Å². The van der Waals surface area contributed by atoms with Crippen molar-refractivity contribution in [2.45, 2.75) is 32.5 Å². The predicted molar refractivity (Wildman–Crippen MR) is 77.8 cm³/mol. The zero-order valence-corrected chi connectivity index (χ0v) is 12.3. The minimum atomic E-state index is -0.628. The first kappa shape index (κ1) is 12.8. The van der Waals surface area contributed by atoms with Gasteiger partial charge in [0.05, 0.1) is 29.2 Å². The maximum Gasteiger partial charge on any atom is 0.241 e. The zero-order valence-electron chi connectivity index (χ0n) is 12.3. The molecular weight excluding hydrogens is 266 g/mol. The van der Waals surface area contributed by atoms with Crippen molar-refractivity contribution in [2.75, 3.05) is 4.90 Å². The number of rotatable bonds is 1. The number of hydrogen-bond donors (Lipinski definition) is 0. The van der Waals surface area contributed by atoms with E-state index in [0.717, 1.165) is 11.1 Å². The maximum absolute atomic E-state index is 12.8. The van der Waals surface area contributed by atoms with Crippen LogP contribution < -0.4 is 4.90 Å². The van der Waals surface area contributed by atoms with E-state index in [1.807, 2.05) is 51.1 Å². The second kappa shape index (κ2) is 3.83. The van der Waals surface area contributed by atoms with Crippen LogP contribution in [0.15, 0.2) is 30.4 Å². The molecule has 3 aliphatic heterocycles. The van der Waals surface area contributed by atoms with Crippen LogP contribution in [-0.4, -0.2) is 23.5 Å². The van der Waals surface area contributed by atoms with Gasteiger partial charge in [-0.2, -0.15) is 0 Å². The summed E-state index contributed by atoms with van der Waals surface area (Å²) in [7, 11) is 0. The number of nitrogens with zero attached hydrogens (tertiary/aromatic N) is 1. The largest absolute Gasteiger partial charge is 0.362 e. The molecular formula is C17H17NO3. The number of hydrogen-bond acceptors (Lipinski definition) is 3. The van der Waals surface area contributed by atoms with Gasteiger partial charge in [-0.1, -0.05) is 18.2 Å². The monoisotopic (exact) mass is 283 g/mol. The van der Waals surface area contributed by atoms with Gasteiger partial charge in [-0.3, -0.25) is 9.59 Å². The van der Waals surface area contributed by atoms with E-state index in [2.05, 4.69) is 0 Å². The topological polar surface area (TPSA) is 46.6 Å². The van der Waals surface area contributed by atoms with Crippen LogP contribution in [0.2, 0.25) is 0 Å². The molecule has 4 atom stereocenters. The van der Waals surface area contributed by atoms with Gasteiger partial charge in [0.15, 0.2) is 0 Å². The van der Waals surface area contributed by atoms with E-state index in [-0.39, 0.29) is 29.8 Å². The predicted octanol–water partition coefficient (Wildman–Crippen LogP) is 2.14. The Morgan fingerprint density at radius 2 is 1.90 bits per heavy atom. The van der Waals surface area contributed by atoms with Crippen molar-refractivity contribution in [3.8, 4) is 0 Å². The number of amides is 2. The first-order valence-corrected chi connectivity index (χ1v) is 7.24. The van der Waals surface area contributed by atoms with Crippen LogP contribution in [0.4, 0.5) is 5.69 Å². The van der Waals surface area contributed by atoms with Crippen molar-refractivity contribution >= 4 is 17.5 Å². The van der Waals surface area contributed by atoms with Gasteiger partial charge in [-0.05, 0) is 44.0 Å². The van der Waals surface area contributed by atoms with E-state index in [1.165, 1.54) is 4.90 Å². The van der Waals surface area contributed by atoms with Gasteiger partial charge >= 0.3 is 0 Å². The molecule has 2 saturated heterocycles. The summed E-state index contributed by atoms with van der Waals surface area (Å²) < 4.78 is 5.82. The standard InChI is InChI=1S/C17H17NO3/c1-9-4-5-11(8-10(9)2)18-15(19)13-12-6-7-17(3,21-12)14(13)16(18)20/h4-8,12-14H,1-3H3. The number of fused-ring (bicyclic) bond motifs is 5. The fourth-order valence-corrected chi connectivity index (χ4v) is 3.77. The maximum atomic E-state index is 12.8. The quantitative estimate of drug-likeness (QED) is 0.586. The van der Waals surface area contributed by atoms with Gasteiger partial charge < -0.3 is 4.74 Å². The smallest absolute Gasteiger partial charge is 0.241 e. The molecule has 0 spiro atoms. The molecule has 108 valence electrons. The molecule has 0 saturated carbocycles. The Hall–Kier alpha value is -1.94. The van der Waals surface area contributed by atoms with Gasteiger partial charge in [0.2, 0.25) is 11.8 Å². The molecule has 2 fully saturated rings. The van der Waals surface area contributed by atoms with E-state index < -0.39 is 5.60 Å². The average Bonchev–Trinajstić information content (AvgIpc) is 3.03. The first-order chi connectivity index (χ1) is 9.92. The Bertz CT molecular complexity index is 708. The summed E-state index contributed by atoms with van der Waals surface area (Å²) >= 11 is 0. The fraction of sp³-hybridized carbons (Fsp3) is 0.412. The number of aryl methyl sites for hydroxylation is 2. The summed E-state index contributed by atoms with van der Waals surface area (Å²) in [6.07, 6.45) is 3.58. The lowest BCUT2D eigenvalue weighted by atomic mass is 9.78. The molecule has 4 heteroatoms. The molecule has 4 nitrogen and oxygen atoms in total. The summed E-state index contributed by atoms with van der Waals surface area (Å²) in [6, 6.07) is 5.70. The highest BCUT2D eigenvalue weighted by Gasteiger charge is 2.65. The van der Waals surface area contributed by atoms with Crippen LogP contribution in [0, 0.1) is 25.7 Å². The van der Waals surface area contributed by atoms with Gasteiger partial charge in [0, 0.05) is 0 Å². The van der Waals surface area contributed by atoms with Crippen molar-refractivity contribution in [1.82, 2.24) is 0 Å². The highest BCUT2D eigenvalue weighted by atomic mass is 16.5. The Labute approximate surface area is 123 Å². The molecule has 3 aliphatic rings. The minimum Gasteiger partial charge on any atom is -0.362 e. The number of ether oxygens (including phenoxy) is 1. The number of benzene rings is 1. The third-order valence-corrected chi connectivity index (χ3v) is 5.08. The molecule has 0 radical (unpaired) electrons. The number of carbonyl (C=O) groups excluding carboxylic acids is 2. The second-order valence-corrected chi connectivity index (χ2v) is 6.41. The van der Waals surface area contributed by atoms with Crippen molar-refractivity contribution in [1.29, 1.82) is 0 Å². The molecule has 21 heavy (non-hydrogen) atoms. The Morgan fingerprint density at radius 1 is 1.14 bits per heavy atom. The summed E-state index contributed by atoms with van der Waals surface area (Å²) in [4.78, 5) is 26.8. The third-order valence-electron chi connectivity index (χ3n) is 5.08. The summed E-state index contributed by atoms with van der Waals surface area (Å²) in [5.74, 6) is -1.02. The zero-order chi connectivity index (χ0) is 14.9. The lowest BCUT2D eigenvalue weighted by molar-refractivity contribution is -0.126. The highest BCUT2D eigenvalue weighted by molar-refractivity contribution is 6.23. The van der Waals surface area contributed by atoms with E-state index >= 15 is 0 Å². The molecule has 1 aromatic carbocycles. The van der Waals surface area contributed by atoms with Gasteiger partial charge in [0.25, 0.3) is 0 Å². The Morgan fingerprint density at radius 3 is 2.57 bits per heavy atom. The molecule has 3 heterocycles. The van der Waals surface area contributed by atoms with Crippen LogP contribution in [0.1, 0.15) is 18.1 Å². The van der Waals surface area contributed by atoms with Gasteiger partial charge in [-0.15, -0.1) is 0 Å². The lowest BCUT2D eigenvalue weighted by Gasteiger charge is -2.24. The normalized spacial score (nSPS) is 36.7. The molecule has 1 aromatic rings. The molecule has 2 amide bonds. The summed E-state index contributed by atoms with van der Waals surface area (Å²) in [5.41, 5.74) is 2.27. The number of carbonyl (C=O) groups is 2. The van der Waals surface area contributed by atoms with E-state index in [9.17, 15) is 9.59 Å². The molecule has 4 rings (SSSR count). The van der Waals surface area contributed by atoms with E-state index in [0.29, 0.717) is 5.69 Å². The van der Waals surface area contributed by atoms with Crippen LogP contribution in [0.5, 0.6) is 0 Å². The highest BCUT2D eigenvalue weighted by Crippen LogP contribution is 2.52.